The second-order valence-electron chi connectivity index (χ2n) is 11.7. The lowest BCUT2D eigenvalue weighted by atomic mass is 10.1. The van der Waals surface area contributed by atoms with Gasteiger partial charge in [-0.05, 0) is 43.3 Å². The minimum atomic E-state index is -0.802. The van der Waals surface area contributed by atoms with E-state index in [2.05, 4.69) is 34.2 Å². The Hall–Kier alpha value is -4.22. The van der Waals surface area contributed by atoms with Crippen molar-refractivity contribution in [1.29, 1.82) is 0 Å². The molecule has 1 fully saturated rings. The van der Waals surface area contributed by atoms with Crippen LogP contribution in [0.15, 0.2) is 54.6 Å². The predicted molar refractivity (Wildman–Crippen MR) is 172 cm³/mol. The maximum absolute atomic E-state index is 13.6. The number of ether oxygens (including phenoxy) is 2. The topological polar surface area (TPSA) is 109 Å². The highest BCUT2D eigenvalue weighted by atomic mass is 16.6. The van der Waals surface area contributed by atoms with E-state index in [1.54, 1.807) is 17.0 Å². The number of benzene rings is 2. The van der Waals surface area contributed by atoms with Crippen LogP contribution in [0.2, 0.25) is 0 Å². The fourth-order valence-electron chi connectivity index (χ4n) is 5.82. The number of anilines is 2. The van der Waals surface area contributed by atoms with Crippen LogP contribution in [0.25, 0.3) is 0 Å². The molecule has 0 aliphatic carbocycles. The number of unbranched alkanes of at least 4 members (excludes halogenated alkanes) is 4. The summed E-state index contributed by atoms with van der Waals surface area (Å²) in [5, 5.41) is 7.36. The summed E-state index contributed by atoms with van der Waals surface area (Å²) < 4.78 is 12.3. The van der Waals surface area contributed by atoms with Gasteiger partial charge >= 0.3 is 6.09 Å². The molecule has 2 aliphatic rings. The van der Waals surface area contributed by atoms with Gasteiger partial charge in [-0.2, -0.15) is 4.68 Å². The van der Waals surface area contributed by atoms with Crippen LogP contribution in [-0.2, 0) is 27.4 Å². The molecule has 1 saturated heterocycles. The zero-order valence-corrected chi connectivity index (χ0v) is 26.5. The molecule has 45 heavy (non-hydrogen) atoms. The Morgan fingerprint density at radius 1 is 0.911 bits per heavy atom. The number of piperazine rings is 1. The molecule has 3 aromatic rings. The van der Waals surface area contributed by atoms with Crippen molar-refractivity contribution < 1.29 is 23.9 Å². The van der Waals surface area contributed by atoms with E-state index in [-0.39, 0.29) is 37.3 Å². The highest BCUT2D eigenvalue weighted by molar-refractivity contribution is 6.04. The van der Waals surface area contributed by atoms with Gasteiger partial charge in [-0.15, -0.1) is 5.10 Å². The zero-order chi connectivity index (χ0) is 31.8. The Morgan fingerprint density at radius 2 is 1.62 bits per heavy atom. The molecule has 0 spiro atoms. The molecule has 240 valence electrons. The average Bonchev–Trinajstić information content (AvgIpc) is 3.64. The summed E-state index contributed by atoms with van der Waals surface area (Å²) in [6.45, 7) is 6.59. The van der Waals surface area contributed by atoms with E-state index in [0.29, 0.717) is 16.8 Å². The van der Waals surface area contributed by atoms with Crippen LogP contribution in [0.3, 0.4) is 0 Å². The van der Waals surface area contributed by atoms with Gasteiger partial charge in [0.2, 0.25) is 0 Å². The molecule has 2 aromatic carbocycles. The number of likely N-dealkylation sites (N-methyl/N-ethyl adjacent to an activating group) is 1. The van der Waals surface area contributed by atoms with Gasteiger partial charge in [0, 0.05) is 50.1 Å². The normalized spacial score (nSPS) is 15.5. The minimum absolute atomic E-state index is 0.134. The van der Waals surface area contributed by atoms with Crippen molar-refractivity contribution >= 4 is 29.4 Å². The van der Waals surface area contributed by atoms with E-state index < -0.39 is 12.2 Å². The quantitative estimate of drug-likeness (QED) is 0.281. The number of methoxy groups -OCH3 is 1. The molecule has 3 heterocycles. The van der Waals surface area contributed by atoms with Gasteiger partial charge in [0.15, 0.2) is 11.9 Å². The number of carbonyl (C=O) groups excluding carboxylic acids is 3. The molecule has 1 atom stereocenters. The second kappa shape index (κ2) is 15.2. The Balaban J connectivity index is 1.32. The molecule has 1 N–H and O–H groups in total. The van der Waals surface area contributed by atoms with Gasteiger partial charge in [-0.1, -0.05) is 62.9 Å². The molecule has 2 aliphatic heterocycles. The second-order valence-corrected chi connectivity index (χ2v) is 11.7. The van der Waals surface area contributed by atoms with Gasteiger partial charge in [0.1, 0.15) is 0 Å². The third-order valence-electron chi connectivity index (χ3n) is 8.53. The third kappa shape index (κ3) is 7.72. The van der Waals surface area contributed by atoms with Crippen LogP contribution in [0.1, 0.15) is 72.3 Å². The SMILES string of the molecule is CCCCCCCOC(=O)n1nc(NC(=O)c2ccc(N3CCN(C)CC3)cc2)c2c1CN(C(=O)[C@H](OC)c1ccccc1)C2. The predicted octanol–water partition coefficient (Wildman–Crippen LogP) is 5.07. The van der Waals surface area contributed by atoms with Gasteiger partial charge in [-0.25, -0.2) is 4.79 Å². The van der Waals surface area contributed by atoms with Crippen molar-refractivity contribution in [2.45, 2.75) is 58.2 Å². The summed E-state index contributed by atoms with van der Waals surface area (Å²) >= 11 is 0. The molecule has 11 nitrogen and oxygen atoms in total. The van der Waals surface area contributed by atoms with Gasteiger partial charge in [0.05, 0.1) is 25.4 Å². The molecule has 0 radical (unpaired) electrons. The smallest absolute Gasteiger partial charge is 0.435 e. The zero-order valence-electron chi connectivity index (χ0n) is 26.5. The number of nitrogens with zero attached hydrogens (tertiary/aromatic N) is 5. The Labute approximate surface area is 265 Å². The summed E-state index contributed by atoms with van der Waals surface area (Å²) in [6, 6.07) is 16.8. The van der Waals surface area contributed by atoms with Crippen molar-refractivity contribution in [2.24, 2.45) is 0 Å². The molecular formula is C34H44N6O5. The summed E-state index contributed by atoms with van der Waals surface area (Å²) in [6.07, 6.45) is 3.70. The van der Waals surface area contributed by atoms with E-state index in [4.69, 9.17) is 9.47 Å². The van der Waals surface area contributed by atoms with E-state index in [1.165, 1.54) is 11.8 Å². The molecule has 0 saturated carbocycles. The molecule has 11 heteroatoms. The first-order valence-electron chi connectivity index (χ1n) is 15.9. The Bertz CT molecular complexity index is 1450. The maximum Gasteiger partial charge on any atom is 0.435 e. The van der Waals surface area contributed by atoms with Crippen LogP contribution < -0.4 is 10.2 Å². The van der Waals surface area contributed by atoms with Crippen molar-refractivity contribution in [3.8, 4) is 0 Å². The first-order chi connectivity index (χ1) is 21.9. The highest BCUT2D eigenvalue weighted by Gasteiger charge is 2.36. The fraction of sp³-hybridized carbons (Fsp3) is 0.471. The van der Waals surface area contributed by atoms with Crippen molar-refractivity contribution in [2.75, 3.05) is 57.2 Å². The number of hydrogen-bond donors (Lipinski definition) is 1. The molecular weight excluding hydrogens is 572 g/mol. The molecule has 5 rings (SSSR count). The number of amides is 2. The average molecular weight is 617 g/mol. The fourth-order valence-corrected chi connectivity index (χ4v) is 5.82. The van der Waals surface area contributed by atoms with Crippen LogP contribution in [0.4, 0.5) is 16.3 Å². The lowest BCUT2D eigenvalue weighted by Gasteiger charge is -2.34. The third-order valence-corrected chi connectivity index (χ3v) is 8.53. The lowest BCUT2D eigenvalue weighted by Crippen LogP contribution is -2.44. The first kappa shape index (κ1) is 32.2. The number of nitrogens with one attached hydrogen (secondary N) is 1. The number of aromatic nitrogens is 2. The number of hydrogen-bond acceptors (Lipinski definition) is 8. The van der Waals surface area contributed by atoms with E-state index in [0.717, 1.165) is 69.5 Å². The maximum atomic E-state index is 13.6. The largest absolute Gasteiger partial charge is 0.448 e. The van der Waals surface area contributed by atoms with Gasteiger partial charge < -0.3 is 29.5 Å². The standard InChI is InChI=1S/C34H44N6O5/c1-4-5-6-7-11-22-45-34(43)40-29-24-39(33(42)30(44-3)25-12-9-8-10-13-25)23-28(29)31(36-40)35-32(41)26-14-16-27(17-15-26)38-20-18-37(2)19-21-38/h8-10,12-17,30H,4-7,11,18-24H2,1-3H3,(H,35,36,41)/t30-/m1/s1. The van der Waals surface area contributed by atoms with E-state index >= 15 is 0 Å². The molecule has 2 amide bonds. The van der Waals surface area contributed by atoms with Crippen molar-refractivity contribution in [3.05, 3.63) is 77.0 Å². The van der Waals surface area contributed by atoms with E-state index in [1.807, 2.05) is 42.5 Å². The summed E-state index contributed by atoms with van der Waals surface area (Å²) in [5.41, 5.74) is 3.40. The van der Waals surface area contributed by atoms with Gasteiger partial charge in [0.25, 0.3) is 11.8 Å². The first-order valence-corrected chi connectivity index (χ1v) is 15.9. The van der Waals surface area contributed by atoms with Crippen LogP contribution in [-0.4, -0.2) is 84.4 Å². The Kier molecular flexibility index (Phi) is 10.9. The minimum Gasteiger partial charge on any atom is -0.448 e. The van der Waals surface area contributed by atoms with E-state index in [9.17, 15) is 14.4 Å². The monoisotopic (exact) mass is 616 g/mol. The number of fused-ring (bicyclic) bond motifs is 1. The summed E-state index contributed by atoms with van der Waals surface area (Å²) in [4.78, 5) is 46.4. The summed E-state index contributed by atoms with van der Waals surface area (Å²) in [5.74, 6) is -0.352. The van der Waals surface area contributed by atoms with Crippen LogP contribution >= 0.6 is 0 Å². The molecule has 0 unspecified atom stereocenters. The molecule has 0 bridgehead atoms. The highest BCUT2D eigenvalue weighted by Crippen LogP contribution is 2.33. The molecule has 1 aromatic heterocycles. The van der Waals surface area contributed by atoms with Gasteiger partial charge in [-0.3, -0.25) is 9.59 Å². The van der Waals surface area contributed by atoms with Crippen LogP contribution in [0, 0.1) is 0 Å². The van der Waals surface area contributed by atoms with Crippen molar-refractivity contribution in [3.63, 3.8) is 0 Å². The summed E-state index contributed by atoms with van der Waals surface area (Å²) in [7, 11) is 3.62. The Morgan fingerprint density at radius 3 is 2.31 bits per heavy atom. The van der Waals surface area contributed by atoms with Crippen LogP contribution in [0.5, 0.6) is 0 Å². The number of carbonyl (C=O) groups is 3. The van der Waals surface area contributed by atoms with Crippen molar-refractivity contribution in [1.82, 2.24) is 19.6 Å². The lowest BCUT2D eigenvalue weighted by molar-refractivity contribution is -0.143. The number of rotatable bonds is 12.